The van der Waals surface area contributed by atoms with Crippen molar-refractivity contribution in [2.75, 3.05) is 38.3 Å². The van der Waals surface area contributed by atoms with Gasteiger partial charge in [0.1, 0.15) is 5.75 Å². The maximum Gasteiger partial charge on any atom is 0.274 e. The smallest absolute Gasteiger partial charge is 0.274 e. The number of methoxy groups -OCH3 is 1. The molecule has 0 saturated carbocycles. The zero-order valence-electron chi connectivity index (χ0n) is 17.2. The summed E-state index contributed by atoms with van der Waals surface area (Å²) in [6, 6.07) is 7.73. The van der Waals surface area contributed by atoms with Crippen molar-refractivity contribution in [3.05, 3.63) is 46.7 Å². The minimum Gasteiger partial charge on any atom is -0.497 e. The average molecular weight is 431 g/mol. The highest BCUT2D eigenvalue weighted by atomic mass is 35.5. The number of nitrogens with zero attached hydrogens (tertiary/aromatic N) is 4. The lowest BCUT2D eigenvalue weighted by molar-refractivity contribution is 0.0503. The van der Waals surface area contributed by atoms with Crippen molar-refractivity contribution in [3.63, 3.8) is 0 Å². The van der Waals surface area contributed by atoms with Gasteiger partial charge in [0.15, 0.2) is 5.69 Å². The normalized spacial score (nSPS) is 18.6. The number of carbonyl (C=O) groups is 1. The van der Waals surface area contributed by atoms with Crippen molar-refractivity contribution in [1.82, 2.24) is 14.9 Å². The first-order chi connectivity index (χ1) is 14.6. The SMILES string of the molecule is COc1cccc(CN(CC2CCCO2)C(=O)c2nc(N3CCCC3)ncc2Cl)c1. The second-order valence-electron chi connectivity index (χ2n) is 7.73. The second kappa shape index (κ2) is 9.62. The van der Waals surface area contributed by atoms with Crippen LogP contribution < -0.4 is 9.64 Å². The van der Waals surface area contributed by atoms with Gasteiger partial charge in [0.25, 0.3) is 5.91 Å². The third-order valence-corrected chi connectivity index (χ3v) is 5.84. The molecule has 0 radical (unpaired) electrons. The summed E-state index contributed by atoms with van der Waals surface area (Å²) in [7, 11) is 1.63. The molecule has 7 nitrogen and oxygen atoms in total. The Labute approximate surface area is 182 Å². The number of carbonyl (C=O) groups excluding carboxylic acids is 1. The number of halogens is 1. The molecular formula is C22H27ClN4O3. The van der Waals surface area contributed by atoms with Crippen molar-refractivity contribution in [2.24, 2.45) is 0 Å². The summed E-state index contributed by atoms with van der Waals surface area (Å²) in [5, 5.41) is 0.269. The van der Waals surface area contributed by atoms with E-state index in [2.05, 4.69) is 14.9 Å². The number of rotatable bonds is 7. The van der Waals surface area contributed by atoms with Gasteiger partial charge in [-0.05, 0) is 43.4 Å². The topological polar surface area (TPSA) is 67.8 Å². The maximum atomic E-state index is 13.5. The molecule has 2 aliphatic rings. The maximum absolute atomic E-state index is 13.5. The van der Waals surface area contributed by atoms with E-state index in [9.17, 15) is 4.79 Å². The molecule has 2 saturated heterocycles. The van der Waals surface area contributed by atoms with Gasteiger partial charge in [-0.25, -0.2) is 9.97 Å². The number of aromatic nitrogens is 2. The fourth-order valence-corrected chi connectivity index (χ4v) is 4.14. The quantitative estimate of drug-likeness (QED) is 0.669. The van der Waals surface area contributed by atoms with E-state index in [-0.39, 0.29) is 22.7 Å². The molecule has 0 bridgehead atoms. The standard InChI is InChI=1S/C22H27ClN4O3/c1-29-17-7-4-6-16(12-17)14-27(15-18-8-5-11-30-18)21(28)20-19(23)13-24-22(25-20)26-9-2-3-10-26/h4,6-7,12-13,18H,2-3,5,8-11,14-15H2,1H3. The van der Waals surface area contributed by atoms with Crippen molar-refractivity contribution in [3.8, 4) is 5.75 Å². The first-order valence-electron chi connectivity index (χ1n) is 10.5. The first kappa shape index (κ1) is 20.9. The molecule has 1 aromatic carbocycles. The molecule has 2 fully saturated rings. The molecule has 30 heavy (non-hydrogen) atoms. The number of benzene rings is 1. The molecule has 2 aromatic rings. The Morgan fingerprint density at radius 2 is 2.17 bits per heavy atom. The summed E-state index contributed by atoms with van der Waals surface area (Å²) in [5.74, 6) is 1.12. The van der Waals surface area contributed by atoms with Crippen LogP contribution in [0.25, 0.3) is 0 Å². The van der Waals surface area contributed by atoms with E-state index in [1.807, 2.05) is 24.3 Å². The molecule has 3 heterocycles. The van der Waals surface area contributed by atoms with Gasteiger partial charge < -0.3 is 19.3 Å². The van der Waals surface area contributed by atoms with Gasteiger partial charge in [-0.3, -0.25) is 4.79 Å². The van der Waals surface area contributed by atoms with Crippen LogP contribution in [0.15, 0.2) is 30.5 Å². The number of hydrogen-bond donors (Lipinski definition) is 0. The van der Waals surface area contributed by atoms with Crippen LogP contribution in [0.5, 0.6) is 5.75 Å². The summed E-state index contributed by atoms with van der Waals surface area (Å²) < 4.78 is 11.1. The number of anilines is 1. The second-order valence-corrected chi connectivity index (χ2v) is 8.14. The molecule has 0 spiro atoms. The summed E-state index contributed by atoms with van der Waals surface area (Å²) in [4.78, 5) is 26.3. The molecule has 1 atom stereocenters. The van der Waals surface area contributed by atoms with E-state index in [4.69, 9.17) is 21.1 Å². The Morgan fingerprint density at radius 3 is 2.90 bits per heavy atom. The van der Waals surface area contributed by atoms with Gasteiger partial charge in [0, 0.05) is 32.8 Å². The van der Waals surface area contributed by atoms with Crippen LogP contribution in [-0.2, 0) is 11.3 Å². The van der Waals surface area contributed by atoms with E-state index < -0.39 is 0 Å². The molecule has 0 aliphatic carbocycles. The monoisotopic (exact) mass is 430 g/mol. The summed E-state index contributed by atoms with van der Waals surface area (Å²) in [6.07, 6.45) is 5.73. The average Bonchev–Trinajstić information content (AvgIpc) is 3.48. The Balaban J connectivity index is 1.60. The van der Waals surface area contributed by atoms with Gasteiger partial charge in [0.05, 0.1) is 24.4 Å². The zero-order valence-corrected chi connectivity index (χ0v) is 18.0. The lowest BCUT2D eigenvalue weighted by atomic mass is 10.1. The molecule has 1 aromatic heterocycles. The molecule has 8 heteroatoms. The summed E-state index contributed by atoms with van der Waals surface area (Å²) in [6.45, 7) is 3.46. The minimum absolute atomic E-state index is 0.0261. The lowest BCUT2D eigenvalue weighted by Gasteiger charge is -2.26. The Kier molecular flexibility index (Phi) is 6.69. The van der Waals surface area contributed by atoms with Crippen LogP contribution in [0.1, 0.15) is 41.7 Å². The summed E-state index contributed by atoms with van der Waals surface area (Å²) in [5.41, 5.74) is 1.22. The predicted molar refractivity (Wildman–Crippen MR) is 115 cm³/mol. The zero-order chi connectivity index (χ0) is 20.9. The van der Waals surface area contributed by atoms with Gasteiger partial charge in [-0.15, -0.1) is 0 Å². The molecule has 4 rings (SSSR count). The Bertz CT molecular complexity index is 882. The third-order valence-electron chi connectivity index (χ3n) is 5.57. The van der Waals surface area contributed by atoms with Crippen LogP contribution >= 0.6 is 11.6 Å². The highest BCUT2D eigenvalue weighted by molar-refractivity contribution is 6.33. The molecule has 1 unspecified atom stereocenters. The largest absolute Gasteiger partial charge is 0.497 e. The molecule has 1 amide bonds. The van der Waals surface area contributed by atoms with Gasteiger partial charge >= 0.3 is 0 Å². The van der Waals surface area contributed by atoms with Crippen molar-refractivity contribution in [2.45, 2.75) is 38.3 Å². The number of hydrogen-bond acceptors (Lipinski definition) is 6. The predicted octanol–water partition coefficient (Wildman–Crippen LogP) is 3.56. The van der Waals surface area contributed by atoms with Crippen LogP contribution in [0.4, 0.5) is 5.95 Å². The van der Waals surface area contributed by atoms with E-state index in [0.717, 1.165) is 56.7 Å². The van der Waals surface area contributed by atoms with Crippen LogP contribution in [0.3, 0.4) is 0 Å². The van der Waals surface area contributed by atoms with Gasteiger partial charge in [-0.1, -0.05) is 23.7 Å². The van der Waals surface area contributed by atoms with Crippen molar-refractivity contribution < 1.29 is 14.3 Å². The fraction of sp³-hybridized carbons (Fsp3) is 0.500. The minimum atomic E-state index is -0.207. The third kappa shape index (κ3) is 4.84. The molecule has 160 valence electrons. The summed E-state index contributed by atoms with van der Waals surface area (Å²) >= 11 is 6.37. The lowest BCUT2D eigenvalue weighted by Crippen LogP contribution is -2.37. The highest BCUT2D eigenvalue weighted by Gasteiger charge is 2.27. The van der Waals surface area contributed by atoms with E-state index >= 15 is 0 Å². The first-order valence-corrected chi connectivity index (χ1v) is 10.8. The molecule has 0 N–H and O–H groups in total. The number of amides is 1. The van der Waals surface area contributed by atoms with Crippen molar-refractivity contribution >= 4 is 23.5 Å². The Morgan fingerprint density at radius 1 is 1.33 bits per heavy atom. The van der Waals surface area contributed by atoms with Crippen molar-refractivity contribution in [1.29, 1.82) is 0 Å². The van der Waals surface area contributed by atoms with E-state index in [0.29, 0.717) is 19.0 Å². The van der Waals surface area contributed by atoms with Crippen LogP contribution in [-0.4, -0.2) is 60.2 Å². The highest BCUT2D eigenvalue weighted by Crippen LogP contribution is 2.24. The van der Waals surface area contributed by atoms with Gasteiger partial charge in [0.2, 0.25) is 5.95 Å². The molecular weight excluding hydrogens is 404 g/mol. The number of ether oxygens (including phenoxy) is 2. The fourth-order valence-electron chi connectivity index (χ4n) is 3.97. The van der Waals surface area contributed by atoms with Crippen LogP contribution in [0, 0.1) is 0 Å². The molecule has 2 aliphatic heterocycles. The van der Waals surface area contributed by atoms with Gasteiger partial charge in [-0.2, -0.15) is 0 Å². The van der Waals surface area contributed by atoms with E-state index in [1.165, 1.54) is 6.20 Å². The Hall–Kier alpha value is -2.38. The van der Waals surface area contributed by atoms with E-state index in [1.54, 1.807) is 12.0 Å². The van der Waals surface area contributed by atoms with Crippen LogP contribution in [0.2, 0.25) is 5.02 Å².